The number of anilines is 1. The van der Waals surface area contributed by atoms with Gasteiger partial charge in [-0.2, -0.15) is 0 Å². The van der Waals surface area contributed by atoms with E-state index in [9.17, 15) is 19.7 Å². The van der Waals surface area contributed by atoms with Crippen LogP contribution in [0.5, 0.6) is 0 Å². The Balaban J connectivity index is 2.00. The molecule has 13 heteroatoms. The number of rotatable bonds is 12. The van der Waals surface area contributed by atoms with Crippen molar-refractivity contribution in [3.63, 3.8) is 0 Å². The van der Waals surface area contributed by atoms with E-state index in [0.29, 0.717) is 26.6 Å². The second-order valence-corrected chi connectivity index (χ2v) is 10.6. The molecule has 0 heterocycles. The summed E-state index contributed by atoms with van der Waals surface area (Å²) in [7, 11) is 0. The zero-order valence-corrected chi connectivity index (χ0v) is 24.5. The first-order chi connectivity index (χ1) is 19.1. The molecule has 2 amide bonds. The van der Waals surface area contributed by atoms with Gasteiger partial charge in [-0.15, -0.1) is 0 Å². The summed E-state index contributed by atoms with van der Waals surface area (Å²) < 4.78 is 1.26. The lowest BCUT2D eigenvalue weighted by Gasteiger charge is -2.33. The molecule has 0 spiro atoms. The Kier molecular flexibility index (Phi) is 11.0. The molecule has 3 aromatic rings. The van der Waals surface area contributed by atoms with Crippen LogP contribution in [0.25, 0.3) is 0 Å². The van der Waals surface area contributed by atoms with Crippen LogP contribution in [0, 0.1) is 10.1 Å². The zero-order chi connectivity index (χ0) is 29.2. The van der Waals surface area contributed by atoms with Gasteiger partial charge >= 0.3 is 0 Å². The minimum absolute atomic E-state index is 0.0679. The van der Waals surface area contributed by atoms with Crippen molar-refractivity contribution in [2.75, 3.05) is 12.3 Å². The van der Waals surface area contributed by atoms with Crippen LogP contribution in [0.15, 0.2) is 86.8 Å². The molecule has 1 atom stereocenters. The van der Waals surface area contributed by atoms with Crippen molar-refractivity contribution in [3.8, 4) is 0 Å². The largest absolute Gasteiger partial charge is 0.397 e. The molecule has 0 saturated heterocycles. The SMILES string of the molecule is NC(=O)[C@@H](CCCNC(N)=N[N+](=O)[O-])N(Cc1cc(Br)c(N)c(Br)c1)C(=O)C(c1ccccc1)c1ccccc1. The molecular weight excluding hydrogens is 646 g/mol. The van der Waals surface area contributed by atoms with Gasteiger partial charge in [0.05, 0.1) is 11.6 Å². The third-order valence-electron chi connectivity index (χ3n) is 6.14. The first-order valence-corrected chi connectivity index (χ1v) is 13.8. The third kappa shape index (κ3) is 8.26. The maximum atomic E-state index is 14.4. The lowest BCUT2D eigenvalue weighted by molar-refractivity contribution is -0.485. The van der Waals surface area contributed by atoms with E-state index in [4.69, 9.17) is 17.2 Å². The van der Waals surface area contributed by atoms with Crippen LogP contribution in [0.4, 0.5) is 5.69 Å². The Hall–Kier alpha value is -3.97. The Labute approximate surface area is 248 Å². The predicted octanol–water partition coefficient (Wildman–Crippen LogP) is 3.68. The molecular formula is C27H29Br2N7O4. The Morgan fingerprint density at radius 2 is 1.50 bits per heavy atom. The van der Waals surface area contributed by atoms with E-state index in [1.807, 2.05) is 60.7 Å². The van der Waals surface area contributed by atoms with Gasteiger partial charge in [0.25, 0.3) is 5.96 Å². The van der Waals surface area contributed by atoms with Crippen LogP contribution in [0.2, 0.25) is 0 Å². The Morgan fingerprint density at radius 1 is 0.975 bits per heavy atom. The van der Waals surface area contributed by atoms with E-state index in [1.54, 1.807) is 12.1 Å². The monoisotopic (exact) mass is 673 g/mol. The summed E-state index contributed by atoms with van der Waals surface area (Å²) in [5, 5.41) is 15.2. The second kappa shape index (κ2) is 14.4. The summed E-state index contributed by atoms with van der Waals surface area (Å²) in [5.41, 5.74) is 20.2. The van der Waals surface area contributed by atoms with Gasteiger partial charge in [0, 0.05) is 22.0 Å². The number of nitrogens with two attached hydrogens (primary N) is 3. The van der Waals surface area contributed by atoms with Crippen molar-refractivity contribution in [2.24, 2.45) is 16.6 Å². The van der Waals surface area contributed by atoms with Crippen LogP contribution in [0.1, 0.15) is 35.4 Å². The molecule has 40 heavy (non-hydrogen) atoms. The van der Waals surface area contributed by atoms with Crippen molar-refractivity contribution >= 4 is 55.3 Å². The maximum Gasteiger partial charge on any atom is 0.266 e. The molecule has 0 bridgehead atoms. The quantitative estimate of drug-likeness (QED) is 0.0564. The normalized spacial score (nSPS) is 12.1. The highest BCUT2D eigenvalue weighted by Crippen LogP contribution is 2.33. The van der Waals surface area contributed by atoms with Gasteiger partial charge in [0.15, 0.2) is 5.03 Å². The topological polar surface area (TPSA) is 183 Å². The molecule has 0 saturated carbocycles. The standard InChI is InChI=1S/C27H29Br2N7O4/c28-20-14-17(15-21(29)24(20)30)16-35(22(25(31)37)12-7-13-33-27(32)34-36(39)40)26(38)23(18-8-3-1-4-9-18)19-10-5-2-6-11-19/h1-6,8-11,14-15,22-23H,7,12-13,16,30H2,(H2,31,37)(H3,32,33,34)/t22-/m1/s1. The summed E-state index contributed by atoms with van der Waals surface area (Å²) in [6.07, 6.45) is 0.495. The molecule has 7 N–H and O–H groups in total. The number of guanidine groups is 1. The molecule has 0 aliphatic heterocycles. The average Bonchev–Trinajstić information content (AvgIpc) is 2.91. The molecule has 0 fully saturated rings. The molecule has 0 aliphatic rings. The van der Waals surface area contributed by atoms with Crippen LogP contribution < -0.4 is 22.5 Å². The molecule has 0 unspecified atom stereocenters. The van der Waals surface area contributed by atoms with Gasteiger partial charge < -0.3 is 27.4 Å². The fourth-order valence-electron chi connectivity index (χ4n) is 4.29. The molecule has 0 aliphatic carbocycles. The lowest BCUT2D eigenvalue weighted by atomic mass is 9.89. The molecule has 3 rings (SSSR count). The van der Waals surface area contributed by atoms with Crippen LogP contribution in [-0.2, 0) is 16.1 Å². The number of hydrogen-bond acceptors (Lipinski definition) is 5. The molecule has 0 aromatic heterocycles. The number of nitro groups is 1. The van der Waals surface area contributed by atoms with Crippen LogP contribution >= 0.6 is 31.9 Å². The number of carbonyl (C=O) groups is 2. The van der Waals surface area contributed by atoms with Gasteiger partial charge in [-0.1, -0.05) is 60.7 Å². The molecule has 0 radical (unpaired) electrons. The highest BCUT2D eigenvalue weighted by atomic mass is 79.9. The van der Waals surface area contributed by atoms with Gasteiger partial charge in [0.1, 0.15) is 11.1 Å². The van der Waals surface area contributed by atoms with E-state index >= 15 is 0 Å². The number of carbonyl (C=O) groups excluding carboxylic acids is 2. The van der Waals surface area contributed by atoms with E-state index in [2.05, 4.69) is 42.3 Å². The van der Waals surface area contributed by atoms with E-state index < -0.39 is 22.9 Å². The van der Waals surface area contributed by atoms with Crippen molar-refractivity contribution in [3.05, 3.63) is 109 Å². The summed E-state index contributed by atoms with van der Waals surface area (Å²) in [5.74, 6) is -2.06. The van der Waals surface area contributed by atoms with Gasteiger partial charge in [-0.05, 0) is 73.5 Å². The number of amides is 2. The smallest absolute Gasteiger partial charge is 0.266 e. The third-order valence-corrected chi connectivity index (χ3v) is 7.45. The number of primary amides is 1. The summed E-state index contributed by atoms with van der Waals surface area (Å²) in [6, 6.07) is 21.2. The maximum absolute atomic E-state index is 14.4. The van der Waals surface area contributed by atoms with Crippen LogP contribution in [0.3, 0.4) is 0 Å². The molecule has 210 valence electrons. The summed E-state index contributed by atoms with van der Waals surface area (Å²) >= 11 is 6.89. The van der Waals surface area contributed by atoms with E-state index in [1.165, 1.54) is 4.90 Å². The number of hydrogen-bond donors (Lipinski definition) is 4. The van der Waals surface area contributed by atoms with Crippen LogP contribution in [-0.4, -0.2) is 40.3 Å². The summed E-state index contributed by atoms with van der Waals surface area (Å²) in [6.45, 7) is 0.243. The fraction of sp³-hybridized carbons (Fsp3) is 0.222. The number of halogens is 2. The van der Waals surface area contributed by atoms with Gasteiger partial charge in [-0.25, -0.2) is 10.1 Å². The Bertz CT molecular complexity index is 1310. The molecule has 3 aromatic carbocycles. The number of nitrogens with zero attached hydrogens (tertiary/aromatic N) is 3. The molecule has 11 nitrogen and oxygen atoms in total. The van der Waals surface area contributed by atoms with E-state index in [-0.39, 0.29) is 31.4 Å². The highest BCUT2D eigenvalue weighted by molar-refractivity contribution is 9.11. The number of nitrogen functional groups attached to an aromatic ring is 1. The minimum atomic E-state index is -0.993. The van der Waals surface area contributed by atoms with Gasteiger partial charge in [0.2, 0.25) is 11.8 Å². The van der Waals surface area contributed by atoms with Crippen molar-refractivity contribution in [1.82, 2.24) is 10.2 Å². The second-order valence-electron chi connectivity index (χ2n) is 8.90. The first kappa shape index (κ1) is 30.6. The minimum Gasteiger partial charge on any atom is -0.397 e. The summed E-state index contributed by atoms with van der Waals surface area (Å²) in [4.78, 5) is 39.3. The lowest BCUT2D eigenvalue weighted by Crippen LogP contribution is -2.49. The number of benzene rings is 3. The van der Waals surface area contributed by atoms with Crippen molar-refractivity contribution in [2.45, 2.75) is 31.3 Å². The van der Waals surface area contributed by atoms with E-state index in [0.717, 1.165) is 11.1 Å². The first-order valence-electron chi connectivity index (χ1n) is 12.2. The average molecular weight is 675 g/mol. The zero-order valence-electron chi connectivity index (χ0n) is 21.4. The number of nitrogens with one attached hydrogen (secondary N) is 1. The van der Waals surface area contributed by atoms with Crippen molar-refractivity contribution < 1.29 is 14.6 Å². The van der Waals surface area contributed by atoms with Gasteiger partial charge in [-0.3, -0.25) is 9.59 Å². The fourth-order valence-corrected chi connectivity index (χ4v) is 5.57. The number of hydrazone groups is 1. The predicted molar refractivity (Wildman–Crippen MR) is 160 cm³/mol. The van der Waals surface area contributed by atoms with Crippen molar-refractivity contribution in [1.29, 1.82) is 0 Å². The highest BCUT2D eigenvalue weighted by Gasteiger charge is 2.34. The Morgan fingerprint density at radius 3 is 1.98 bits per heavy atom.